The van der Waals surface area contributed by atoms with Crippen molar-refractivity contribution < 1.29 is 19.2 Å². The predicted octanol–water partition coefficient (Wildman–Crippen LogP) is 3.14. The van der Waals surface area contributed by atoms with Crippen LogP contribution in [0.25, 0.3) is 0 Å². The molecule has 0 amide bonds. The fourth-order valence-corrected chi connectivity index (χ4v) is 2.37. The van der Waals surface area contributed by atoms with E-state index in [4.69, 9.17) is 0 Å². The summed E-state index contributed by atoms with van der Waals surface area (Å²) < 4.78 is 2.80. The van der Waals surface area contributed by atoms with Crippen LogP contribution < -0.4 is 0 Å². The molecule has 0 atom stereocenters. The van der Waals surface area contributed by atoms with Crippen LogP contribution in [0.1, 0.15) is 20.8 Å². The van der Waals surface area contributed by atoms with Gasteiger partial charge in [0.1, 0.15) is 0 Å². The van der Waals surface area contributed by atoms with Gasteiger partial charge < -0.3 is 0 Å². The van der Waals surface area contributed by atoms with Gasteiger partial charge in [-0.25, -0.2) is 0 Å². The Morgan fingerprint density at radius 2 is 2.11 bits per heavy atom. The van der Waals surface area contributed by atoms with E-state index in [0.717, 1.165) is 5.92 Å². The fraction of sp³-hybridized carbons (Fsp3) is 0.750. The minimum absolute atomic E-state index is 0.326. The van der Waals surface area contributed by atoms with Crippen LogP contribution in [0.2, 0.25) is 9.45 Å². The fourth-order valence-electron chi connectivity index (χ4n) is 0.574. The molecule has 1 heteroatoms. The third kappa shape index (κ3) is 8.45. The predicted molar refractivity (Wildman–Crippen MR) is 39.3 cm³/mol. The number of hydrogen-bond donors (Lipinski definition) is 0. The zero-order chi connectivity index (χ0) is 7.28. The van der Waals surface area contributed by atoms with Gasteiger partial charge in [-0.2, -0.15) is 0 Å². The van der Waals surface area contributed by atoms with Gasteiger partial charge in [0.25, 0.3) is 0 Å². The molecule has 0 spiro atoms. The normalized spacial score (nSPS) is 9.78. The molecule has 0 saturated carbocycles. The maximum absolute atomic E-state index is 3.88. The molecule has 0 aliphatic rings. The molecule has 0 aromatic carbocycles. The molecular weight excluding hydrogens is 144 g/mol. The third-order valence-corrected chi connectivity index (χ3v) is 4.04. The Bertz CT molecular complexity index is 84.6. The molecule has 9 heavy (non-hydrogen) atoms. The Labute approximate surface area is 67.7 Å². The Hall–Kier alpha value is 0.454. The van der Waals surface area contributed by atoms with E-state index in [1.165, 1.54) is 15.0 Å². The van der Waals surface area contributed by atoms with Crippen LogP contribution in [-0.2, 0) is 19.2 Å². The van der Waals surface area contributed by atoms with Crippen LogP contribution in [0.4, 0.5) is 0 Å². The summed E-state index contributed by atoms with van der Waals surface area (Å²) in [6.45, 7) is 10.6. The molecule has 0 fully saturated rings. The first kappa shape index (κ1) is 9.45. The van der Waals surface area contributed by atoms with Crippen molar-refractivity contribution in [3.8, 4) is 0 Å². The minimum atomic E-state index is 0.326. The van der Waals surface area contributed by atoms with Crippen LogP contribution in [0.15, 0.2) is 12.2 Å². The molecule has 52 valence electrons. The van der Waals surface area contributed by atoms with E-state index in [1.807, 2.05) is 0 Å². The quantitative estimate of drug-likeness (QED) is 0.437. The van der Waals surface area contributed by atoms with Crippen molar-refractivity contribution in [1.29, 1.82) is 0 Å². The molecule has 0 aromatic rings. The van der Waals surface area contributed by atoms with E-state index in [9.17, 15) is 0 Å². The maximum atomic E-state index is 3.88. The van der Waals surface area contributed by atoms with Gasteiger partial charge in [-0.1, -0.05) is 0 Å². The molecule has 0 aliphatic carbocycles. The summed E-state index contributed by atoms with van der Waals surface area (Å²) in [4.78, 5) is 0. The molecule has 0 aliphatic heterocycles. The van der Waals surface area contributed by atoms with Gasteiger partial charge in [-0.05, 0) is 0 Å². The Balaban J connectivity index is 3.01. The van der Waals surface area contributed by atoms with Gasteiger partial charge in [0.15, 0.2) is 0 Å². The number of hydrogen-bond acceptors (Lipinski definition) is 0. The second-order valence-corrected chi connectivity index (χ2v) is 4.95. The van der Waals surface area contributed by atoms with E-state index < -0.39 is 0 Å². The van der Waals surface area contributed by atoms with Crippen molar-refractivity contribution in [3.63, 3.8) is 0 Å². The summed E-state index contributed by atoms with van der Waals surface area (Å²) in [6, 6.07) is 0. The molecule has 0 heterocycles. The van der Waals surface area contributed by atoms with Crippen LogP contribution in [0.3, 0.4) is 0 Å². The van der Waals surface area contributed by atoms with Crippen LogP contribution in [0.5, 0.6) is 0 Å². The summed E-state index contributed by atoms with van der Waals surface area (Å²) in [5.74, 6) is 0.907. The molecule has 0 radical (unpaired) electrons. The monoisotopic (exact) mass is 160 g/mol. The first-order chi connectivity index (χ1) is 4.13. The Kier molecular flexibility index (Phi) is 5.52. The summed E-state index contributed by atoms with van der Waals surface area (Å²) in [7, 11) is 0. The van der Waals surface area contributed by atoms with Crippen molar-refractivity contribution in [2.24, 2.45) is 5.92 Å². The summed E-state index contributed by atoms with van der Waals surface area (Å²) >= 11 is 0.326. The first-order valence-electron chi connectivity index (χ1n) is 3.48. The van der Waals surface area contributed by atoms with Crippen molar-refractivity contribution in [2.45, 2.75) is 30.2 Å². The average molecular weight is 160 g/mol. The zero-order valence-corrected chi connectivity index (χ0v) is 8.26. The molecular formula is C8H16Ti. The molecule has 0 bridgehead atoms. The van der Waals surface area contributed by atoms with Gasteiger partial charge in [0.05, 0.1) is 0 Å². The van der Waals surface area contributed by atoms with E-state index in [-0.39, 0.29) is 0 Å². The van der Waals surface area contributed by atoms with Gasteiger partial charge in [0.2, 0.25) is 0 Å². The summed E-state index contributed by atoms with van der Waals surface area (Å²) in [5.41, 5.74) is 1.37. The van der Waals surface area contributed by atoms with Crippen molar-refractivity contribution in [1.82, 2.24) is 0 Å². The Morgan fingerprint density at radius 1 is 1.56 bits per heavy atom. The van der Waals surface area contributed by atoms with E-state index in [2.05, 4.69) is 27.4 Å². The van der Waals surface area contributed by atoms with Crippen molar-refractivity contribution in [2.75, 3.05) is 0 Å². The SMILES string of the molecule is C=C(C)[CH2][Ti][CH2]C(C)C. The second kappa shape index (κ2) is 5.26. The molecule has 0 nitrogen and oxygen atoms in total. The third-order valence-electron chi connectivity index (χ3n) is 0.979. The number of allylic oxidation sites excluding steroid dienone is 1. The first-order valence-corrected chi connectivity index (χ1v) is 5.69. The van der Waals surface area contributed by atoms with Gasteiger partial charge >= 0.3 is 67.4 Å². The Morgan fingerprint density at radius 3 is 2.44 bits per heavy atom. The van der Waals surface area contributed by atoms with Crippen molar-refractivity contribution in [3.05, 3.63) is 12.2 Å². The van der Waals surface area contributed by atoms with E-state index in [1.54, 1.807) is 0 Å². The average Bonchev–Trinajstić information content (AvgIpc) is 1.63. The van der Waals surface area contributed by atoms with Gasteiger partial charge in [0, 0.05) is 0 Å². The van der Waals surface area contributed by atoms with Crippen LogP contribution in [-0.4, -0.2) is 0 Å². The second-order valence-electron chi connectivity index (χ2n) is 2.98. The molecule has 0 N–H and O–H groups in total. The molecule has 0 unspecified atom stereocenters. The van der Waals surface area contributed by atoms with Crippen LogP contribution >= 0.6 is 0 Å². The van der Waals surface area contributed by atoms with Crippen LogP contribution in [0, 0.1) is 5.92 Å². The topological polar surface area (TPSA) is 0 Å². The van der Waals surface area contributed by atoms with Gasteiger partial charge in [-0.3, -0.25) is 0 Å². The molecule has 0 rings (SSSR count). The number of rotatable bonds is 4. The zero-order valence-electron chi connectivity index (χ0n) is 6.70. The molecule has 0 aromatic heterocycles. The van der Waals surface area contributed by atoms with Crippen molar-refractivity contribution >= 4 is 0 Å². The van der Waals surface area contributed by atoms with E-state index >= 15 is 0 Å². The standard InChI is InChI=1S/C4H9.C4H7.Ti/c2*1-4(2)3;/h4H,1H2,2-3H3;1-2H2,3H3;. The van der Waals surface area contributed by atoms with Gasteiger partial charge in [-0.15, -0.1) is 0 Å². The summed E-state index contributed by atoms with van der Waals surface area (Å²) in [6.07, 6.45) is 0. The van der Waals surface area contributed by atoms with E-state index in [0.29, 0.717) is 19.2 Å². The summed E-state index contributed by atoms with van der Waals surface area (Å²) in [5, 5.41) is 0. The molecule has 0 saturated heterocycles.